The van der Waals surface area contributed by atoms with E-state index in [0.29, 0.717) is 12.0 Å². The van der Waals surface area contributed by atoms with E-state index in [9.17, 15) is 29.1 Å². The first-order valence-corrected chi connectivity index (χ1v) is 12.9. The van der Waals surface area contributed by atoms with Crippen molar-refractivity contribution in [1.82, 2.24) is 0 Å². The molecule has 9 atom stereocenters. The van der Waals surface area contributed by atoms with E-state index in [1.807, 2.05) is 13.8 Å². The van der Waals surface area contributed by atoms with Crippen LogP contribution in [-0.4, -0.2) is 65.8 Å². The number of allylic oxidation sites excluding steroid dienone is 1. The van der Waals surface area contributed by atoms with Crippen molar-refractivity contribution < 1.29 is 48.0 Å². The van der Waals surface area contributed by atoms with Crippen LogP contribution >= 0.6 is 0 Å². The largest absolute Gasteiger partial charge is 0.465 e. The van der Waals surface area contributed by atoms with E-state index < -0.39 is 64.4 Å². The summed E-state index contributed by atoms with van der Waals surface area (Å²) in [7, 11) is 0. The fourth-order valence-electron chi connectivity index (χ4n) is 7.53. The van der Waals surface area contributed by atoms with E-state index in [1.165, 1.54) is 27.7 Å². The van der Waals surface area contributed by atoms with Gasteiger partial charge in [0.15, 0.2) is 23.6 Å². The number of ether oxygens (including phenoxy) is 4. The van der Waals surface area contributed by atoms with Gasteiger partial charge < -0.3 is 24.1 Å². The number of aliphatic hydroxyl groups is 1. The third-order valence-electron chi connectivity index (χ3n) is 9.07. The lowest BCUT2D eigenvalue weighted by molar-refractivity contribution is -0.211. The van der Waals surface area contributed by atoms with Gasteiger partial charge in [-0.3, -0.25) is 24.0 Å². The topological polar surface area (TPSA) is 143 Å². The number of Topliss-reactive ketones (excluding diaryl/α,β-unsaturated/α-hetero) is 1. The molecular weight excluding hydrogens is 496 g/mol. The highest BCUT2D eigenvalue weighted by Crippen LogP contribution is 2.72. The maximum atomic E-state index is 14.7. The number of carbonyl (C=O) groups is 5. The first-order valence-electron chi connectivity index (χ1n) is 12.9. The molecule has 10 nitrogen and oxygen atoms in total. The Labute approximate surface area is 221 Å². The van der Waals surface area contributed by atoms with Crippen LogP contribution in [0.5, 0.6) is 0 Å². The van der Waals surface area contributed by atoms with Crippen LogP contribution in [0.2, 0.25) is 0 Å². The van der Waals surface area contributed by atoms with Crippen LogP contribution in [0.1, 0.15) is 54.9 Å². The van der Waals surface area contributed by atoms with Gasteiger partial charge in [-0.1, -0.05) is 26.0 Å². The van der Waals surface area contributed by atoms with E-state index in [1.54, 1.807) is 19.1 Å². The molecule has 10 heteroatoms. The van der Waals surface area contributed by atoms with E-state index >= 15 is 0 Å². The summed E-state index contributed by atoms with van der Waals surface area (Å²) in [6.45, 7) is 10.2. The molecule has 2 fully saturated rings. The summed E-state index contributed by atoms with van der Waals surface area (Å²) in [6, 6.07) is 0. The van der Waals surface area contributed by atoms with E-state index in [4.69, 9.17) is 18.9 Å². The predicted molar refractivity (Wildman–Crippen MR) is 131 cm³/mol. The zero-order chi connectivity index (χ0) is 28.4. The smallest absolute Gasteiger partial charge is 0.303 e. The van der Waals surface area contributed by atoms with Gasteiger partial charge >= 0.3 is 23.9 Å². The summed E-state index contributed by atoms with van der Waals surface area (Å²) >= 11 is 0. The first kappa shape index (κ1) is 28.0. The molecule has 4 rings (SSSR count). The summed E-state index contributed by atoms with van der Waals surface area (Å²) < 4.78 is 22.0. The van der Waals surface area contributed by atoms with Crippen molar-refractivity contribution in [2.45, 2.75) is 72.7 Å². The highest BCUT2D eigenvalue weighted by atomic mass is 16.6. The Hall–Kier alpha value is -3.01. The monoisotopic (exact) mass is 532 g/mol. The number of hydrogen-bond acceptors (Lipinski definition) is 10. The van der Waals surface area contributed by atoms with Crippen molar-refractivity contribution in [3.05, 3.63) is 23.3 Å². The van der Waals surface area contributed by atoms with Crippen LogP contribution in [0.15, 0.2) is 23.3 Å². The van der Waals surface area contributed by atoms with Gasteiger partial charge in [0, 0.05) is 44.6 Å². The summed E-state index contributed by atoms with van der Waals surface area (Å²) in [5.74, 6) is -4.18. The van der Waals surface area contributed by atoms with Gasteiger partial charge in [-0.25, -0.2) is 0 Å². The molecule has 2 bridgehead atoms. The molecule has 4 aliphatic carbocycles. The molecule has 0 unspecified atom stereocenters. The second kappa shape index (κ2) is 9.32. The van der Waals surface area contributed by atoms with E-state index in [-0.39, 0.29) is 36.4 Å². The summed E-state index contributed by atoms with van der Waals surface area (Å²) in [4.78, 5) is 62.6. The molecule has 38 heavy (non-hydrogen) atoms. The van der Waals surface area contributed by atoms with Crippen molar-refractivity contribution in [3.8, 4) is 0 Å². The molecule has 1 spiro atoms. The minimum atomic E-state index is -2.19. The Bertz CT molecular complexity index is 1150. The number of esters is 4. The lowest BCUT2D eigenvalue weighted by atomic mass is 9.59. The molecule has 0 saturated heterocycles. The van der Waals surface area contributed by atoms with Gasteiger partial charge in [-0.2, -0.15) is 0 Å². The second-order valence-electron chi connectivity index (χ2n) is 11.5. The molecule has 4 aliphatic rings. The molecule has 2 saturated carbocycles. The number of hydrogen-bond donors (Lipinski definition) is 1. The number of ketones is 1. The lowest BCUT2D eigenvalue weighted by Gasteiger charge is -2.49. The summed E-state index contributed by atoms with van der Waals surface area (Å²) in [6.07, 6.45) is 1.11. The molecule has 0 aliphatic heterocycles. The zero-order valence-corrected chi connectivity index (χ0v) is 22.9. The van der Waals surface area contributed by atoms with E-state index in [2.05, 4.69) is 0 Å². The van der Waals surface area contributed by atoms with Crippen molar-refractivity contribution in [1.29, 1.82) is 0 Å². The Morgan fingerprint density at radius 3 is 2.11 bits per heavy atom. The minimum Gasteiger partial charge on any atom is -0.465 e. The highest BCUT2D eigenvalue weighted by Gasteiger charge is 2.78. The summed E-state index contributed by atoms with van der Waals surface area (Å²) in [5.41, 5.74) is -3.54. The molecule has 208 valence electrons. The molecule has 0 amide bonds. The van der Waals surface area contributed by atoms with Gasteiger partial charge in [-0.15, -0.1) is 0 Å². The quantitative estimate of drug-likeness (QED) is 0.307. The van der Waals surface area contributed by atoms with Crippen LogP contribution in [0.3, 0.4) is 0 Å². The average molecular weight is 533 g/mol. The highest BCUT2D eigenvalue weighted by molar-refractivity contribution is 5.95. The Balaban J connectivity index is 1.95. The molecule has 0 aromatic rings. The average Bonchev–Trinajstić information content (AvgIpc) is 3.34. The SMILES string of the molecule is CC(=O)OCC1=C[C@@H]2C(=O)[C@]3(C=C(C)[C@H](OC(C)=O)[C@@]3(O)[C@@H]1OC(C)=O)[C@H](C)C[C@@H]1[C@H]2[C@@]1(C)COC(C)=O. The van der Waals surface area contributed by atoms with Crippen LogP contribution in [0.4, 0.5) is 0 Å². The summed E-state index contributed by atoms with van der Waals surface area (Å²) in [5, 5.41) is 12.7. The van der Waals surface area contributed by atoms with Gasteiger partial charge in [0.05, 0.1) is 12.0 Å². The van der Waals surface area contributed by atoms with Crippen molar-refractivity contribution >= 4 is 29.7 Å². The van der Waals surface area contributed by atoms with Crippen LogP contribution < -0.4 is 0 Å². The van der Waals surface area contributed by atoms with Gasteiger partial charge in [0.2, 0.25) is 0 Å². The first-order chi connectivity index (χ1) is 17.6. The molecular formula is C28H36O10. The Morgan fingerprint density at radius 1 is 0.974 bits per heavy atom. The standard InChI is InChI=1S/C28H36O10/c1-13-10-27-14(2)8-21-22(26(21,7)12-36-16(4)30)20(23(27)33)9-19(11-35-15(3)29)25(38-18(6)32)28(27,34)24(13)37-17(5)31/h9-10,14,20-22,24-25,34H,8,11-12H2,1-7H3/t14-,20+,21-,22+,24+,25-,26+,27+,28-/m1/s1. The second-order valence-corrected chi connectivity index (χ2v) is 11.5. The maximum absolute atomic E-state index is 14.7. The lowest BCUT2D eigenvalue weighted by Crippen LogP contribution is -2.66. The van der Waals surface area contributed by atoms with Crippen LogP contribution in [-0.2, 0) is 42.9 Å². The number of rotatable bonds is 6. The van der Waals surface area contributed by atoms with Crippen molar-refractivity contribution in [3.63, 3.8) is 0 Å². The zero-order valence-electron chi connectivity index (χ0n) is 22.9. The molecule has 0 aromatic carbocycles. The van der Waals surface area contributed by atoms with E-state index in [0.717, 1.165) is 0 Å². The van der Waals surface area contributed by atoms with Crippen LogP contribution in [0.25, 0.3) is 0 Å². The molecule has 0 radical (unpaired) electrons. The Kier molecular flexibility index (Phi) is 6.87. The molecule has 0 aromatic heterocycles. The third kappa shape index (κ3) is 3.99. The van der Waals surface area contributed by atoms with Gasteiger partial charge in [0.1, 0.15) is 6.61 Å². The Morgan fingerprint density at radius 2 is 1.55 bits per heavy atom. The van der Waals surface area contributed by atoms with Crippen molar-refractivity contribution in [2.75, 3.05) is 13.2 Å². The van der Waals surface area contributed by atoms with Crippen LogP contribution in [0, 0.1) is 34.5 Å². The minimum absolute atomic E-state index is 0.00703. The maximum Gasteiger partial charge on any atom is 0.303 e. The normalized spacial score (nSPS) is 40.8. The number of fused-ring (bicyclic) bond motifs is 3. The van der Waals surface area contributed by atoms with Gasteiger partial charge in [-0.05, 0) is 36.7 Å². The number of carbonyl (C=O) groups excluding carboxylic acids is 5. The molecule has 0 heterocycles. The molecule has 1 N–H and O–H groups in total. The third-order valence-corrected chi connectivity index (χ3v) is 9.07. The van der Waals surface area contributed by atoms with Crippen molar-refractivity contribution in [2.24, 2.45) is 34.5 Å². The fourth-order valence-corrected chi connectivity index (χ4v) is 7.53. The van der Waals surface area contributed by atoms with Gasteiger partial charge in [0.25, 0.3) is 0 Å². The predicted octanol–water partition coefficient (Wildman–Crippen LogP) is 2.07. The fraction of sp³-hybridized carbons (Fsp3) is 0.679.